The summed E-state index contributed by atoms with van der Waals surface area (Å²) in [5, 5.41) is 4.86. The number of hydrogen-bond acceptors (Lipinski definition) is 2. The molecule has 0 radical (unpaired) electrons. The van der Waals surface area contributed by atoms with E-state index in [1.807, 2.05) is 18.2 Å². The lowest BCUT2D eigenvalue weighted by Gasteiger charge is -2.17. The highest BCUT2D eigenvalue weighted by atomic mass is 35.5. The van der Waals surface area contributed by atoms with Crippen LogP contribution in [0.15, 0.2) is 18.2 Å². The summed E-state index contributed by atoms with van der Waals surface area (Å²) < 4.78 is 0. The highest BCUT2D eigenvalue weighted by molar-refractivity contribution is 6.35. The molecule has 1 aromatic carbocycles. The van der Waals surface area contributed by atoms with Crippen LogP contribution < -0.4 is 5.32 Å². The normalized spacial score (nSPS) is 10.1. The number of nitrogens with one attached hydrogen (secondary N) is 1. The fourth-order valence-electron chi connectivity index (χ4n) is 1.88. The van der Waals surface area contributed by atoms with E-state index in [9.17, 15) is 0 Å². The summed E-state index contributed by atoms with van der Waals surface area (Å²) >= 11 is 12.2. The van der Waals surface area contributed by atoms with Gasteiger partial charge in [0.05, 0.1) is 0 Å². The lowest BCUT2D eigenvalue weighted by Crippen LogP contribution is -2.27. The van der Waals surface area contributed by atoms with E-state index in [0.29, 0.717) is 0 Å². The average molecular weight is 362 g/mol. The van der Waals surface area contributed by atoms with Crippen LogP contribution in [0.5, 0.6) is 0 Å². The minimum Gasteiger partial charge on any atom is -0.313 e. The van der Waals surface area contributed by atoms with Crippen LogP contribution >= 0.6 is 48.0 Å². The zero-order chi connectivity index (χ0) is 13.4. The van der Waals surface area contributed by atoms with E-state index in [2.05, 4.69) is 24.1 Å². The second-order valence-electron chi connectivity index (χ2n) is 4.26. The molecule has 118 valence electrons. The van der Waals surface area contributed by atoms with Gasteiger partial charge in [0.15, 0.2) is 0 Å². The first-order valence-corrected chi connectivity index (χ1v) is 7.30. The fourth-order valence-corrected chi connectivity index (χ4v) is 2.41. The van der Waals surface area contributed by atoms with Gasteiger partial charge in [-0.25, -0.2) is 0 Å². The topological polar surface area (TPSA) is 15.3 Å². The summed E-state index contributed by atoms with van der Waals surface area (Å²) in [4.78, 5) is 2.42. The first kappa shape index (κ1) is 22.6. The molecule has 0 unspecified atom stereocenters. The summed E-state index contributed by atoms with van der Waals surface area (Å²) in [6, 6.07) is 5.62. The lowest BCUT2D eigenvalue weighted by molar-refractivity contribution is 0.298. The Hall–Kier alpha value is 0.300. The van der Waals surface area contributed by atoms with Crippen LogP contribution in [-0.2, 0) is 6.54 Å². The van der Waals surface area contributed by atoms with Gasteiger partial charge in [0, 0.05) is 22.2 Å². The Morgan fingerprint density at radius 3 is 2.10 bits per heavy atom. The molecule has 0 fully saturated rings. The number of benzene rings is 1. The van der Waals surface area contributed by atoms with Crippen molar-refractivity contribution in [2.24, 2.45) is 0 Å². The van der Waals surface area contributed by atoms with E-state index in [1.54, 1.807) is 0 Å². The smallest absolute Gasteiger partial charge is 0.0465 e. The Morgan fingerprint density at radius 2 is 1.60 bits per heavy atom. The SMILES string of the molecule is CCN(CC)CCCNCc1c(Cl)cccc1Cl.Cl.Cl. The van der Waals surface area contributed by atoms with Gasteiger partial charge in [0.1, 0.15) is 0 Å². The lowest BCUT2D eigenvalue weighted by atomic mass is 10.2. The van der Waals surface area contributed by atoms with Gasteiger partial charge in [-0.2, -0.15) is 0 Å². The molecule has 0 heterocycles. The summed E-state index contributed by atoms with van der Waals surface area (Å²) in [7, 11) is 0. The molecule has 0 bridgehead atoms. The molecule has 0 atom stereocenters. The molecule has 0 aliphatic heterocycles. The maximum atomic E-state index is 6.10. The standard InChI is InChI=1S/C14H22Cl2N2.2ClH/c1-3-18(4-2)10-6-9-17-11-12-13(15)7-5-8-14(12)16;;/h5,7-8,17H,3-4,6,9-11H2,1-2H3;2*1H. The van der Waals surface area contributed by atoms with Gasteiger partial charge in [-0.15, -0.1) is 24.8 Å². The van der Waals surface area contributed by atoms with Crippen LogP contribution in [0.2, 0.25) is 10.0 Å². The van der Waals surface area contributed by atoms with Crippen LogP contribution in [0.4, 0.5) is 0 Å². The summed E-state index contributed by atoms with van der Waals surface area (Å²) in [5.74, 6) is 0. The highest BCUT2D eigenvalue weighted by Crippen LogP contribution is 2.23. The van der Waals surface area contributed by atoms with Crippen LogP contribution in [-0.4, -0.2) is 31.1 Å². The molecule has 6 heteroatoms. The Labute approximate surface area is 145 Å². The maximum absolute atomic E-state index is 6.10. The van der Waals surface area contributed by atoms with E-state index in [0.717, 1.165) is 54.8 Å². The molecule has 1 aromatic rings. The van der Waals surface area contributed by atoms with E-state index in [1.165, 1.54) is 0 Å². The molecule has 0 aliphatic rings. The van der Waals surface area contributed by atoms with E-state index >= 15 is 0 Å². The van der Waals surface area contributed by atoms with Crippen LogP contribution in [0.1, 0.15) is 25.8 Å². The number of halogens is 4. The van der Waals surface area contributed by atoms with Gasteiger partial charge in [-0.3, -0.25) is 0 Å². The molecular formula is C14H24Cl4N2. The van der Waals surface area contributed by atoms with Crippen molar-refractivity contribution < 1.29 is 0 Å². The average Bonchev–Trinajstić information content (AvgIpc) is 2.37. The van der Waals surface area contributed by atoms with Crippen molar-refractivity contribution in [1.29, 1.82) is 0 Å². The van der Waals surface area contributed by atoms with Crippen LogP contribution in [0.3, 0.4) is 0 Å². The van der Waals surface area contributed by atoms with E-state index < -0.39 is 0 Å². The number of nitrogens with zero attached hydrogens (tertiary/aromatic N) is 1. The quantitative estimate of drug-likeness (QED) is 0.677. The summed E-state index contributed by atoms with van der Waals surface area (Å²) in [6.07, 6.45) is 1.14. The summed E-state index contributed by atoms with van der Waals surface area (Å²) in [5.41, 5.74) is 0.990. The van der Waals surface area contributed by atoms with Crippen molar-refractivity contribution in [3.05, 3.63) is 33.8 Å². The minimum atomic E-state index is 0. The molecule has 0 amide bonds. The largest absolute Gasteiger partial charge is 0.313 e. The number of hydrogen-bond donors (Lipinski definition) is 1. The molecule has 0 aromatic heterocycles. The first-order valence-electron chi connectivity index (χ1n) is 6.55. The van der Waals surface area contributed by atoms with Crippen LogP contribution in [0, 0.1) is 0 Å². The predicted molar refractivity (Wildman–Crippen MR) is 95.1 cm³/mol. The van der Waals surface area contributed by atoms with Gasteiger partial charge in [-0.05, 0) is 44.7 Å². The molecule has 1 rings (SSSR count). The minimum absolute atomic E-state index is 0. The third-order valence-electron chi connectivity index (χ3n) is 3.09. The molecule has 2 nitrogen and oxygen atoms in total. The zero-order valence-corrected chi connectivity index (χ0v) is 15.1. The van der Waals surface area contributed by atoms with Crippen molar-refractivity contribution in [3.8, 4) is 0 Å². The van der Waals surface area contributed by atoms with Gasteiger partial charge < -0.3 is 10.2 Å². The third kappa shape index (κ3) is 7.92. The Morgan fingerprint density at radius 1 is 1.05 bits per heavy atom. The molecule has 0 spiro atoms. The van der Waals surface area contributed by atoms with Crippen molar-refractivity contribution in [2.75, 3.05) is 26.2 Å². The highest BCUT2D eigenvalue weighted by Gasteiger charge is 2.04. The second-order valence-corrected chi connectivity index (χ2v) is 5.07. The van der Waals surface area contributed by atoms with Crippen molar-refractivity contribution in [1.82, 2.24) is 10.2 Å². The van der Waals surface area contributed by atoms with Crippen molar-refractivity contribution >= 4 is 48.0 Å². The van der Waals surface area contributed by atoms with Crippen LogP contribution in [0.25, 0.3) is 0 Å². The Bertz CT molecular complexity index is 337. The monoisotopic (exact) mass is 360 g/mol. The fraction of sp³-hybridized carbons (Fsp3) is 0.571. The molecule has 0 saturated carbocycles. The number of rotatable bonds is 8. The van der Waals surface area contributed by atoms with Gasteiger partial charge in [-0.1, -0.05) is 43.1 Å². The molecular weight excluding hydrogens is 338 g/mol. The Kier molecular flexibility index (Phi) is 14.7. The van der Waals surface area contributed by atoms with Crippen molar-refractivity contribution in [3.63, 3.8) is 0 Å². The summed E-state index contributed by atoms with van der Waals surface area (Å²) in [6.45, 7) is 9.48. The van der Waals surface area contributed by atoms with Crippen molar-refractivity contribution in [2.45, 2.75) is 26.8 Å². The third-order valence-corrected chi connectivity index (χ3v) is 3.79. The molecule has 0 aliphatic carbocycles. The maximum Gasteiger partial charge on any atom is 0.0465 e. The molecule has 0 saturated heterocycles. The van der Waals surface area contributed by atoms with Gasteiger partial charge in [0.25, 0.3) is 0 Å². The second kappa shape index (κ2) is 13.0. The van der Waals surface area contributed by atoms with E-state index in [-0.39, 0.29) is 24.8 Å². The zero-order valence-electron chi connectivity index (χ0n) is 12.0. The van der Waals surface area contributed by atoms with Gasteiger partial charge in [0.2, 0.25) is 0 Å². The Balaban J connectivity index is 0. The first-order chi connectivity index (χ1) is 8.69. The molecule has 20 heavy (non-hydrogen) atoms. The van der Waals surface area contributed by atoms with E-state index in [4.69, 9.17) is 23.2 Å². The molecule has 1 N–H and O–H groups in total. The predicted octanol–water partition coefficient (Wildman–Crippen LogP) is 4.66. The van der Waals surface area contributed by atoms with Gasteiger partial charge >= 0.3 is 0 Å².